The molecule has 1 aliphatic carbocycles. The Morgan fingerprint density at radius 2 is 0.681 bits per heavy atom. The van der Waals surface area contributed by atoms with Crippen LogP contribution in [0.2, 0.25) is 0 Å². The highest BCUT2D eigenvalue weighted by molar-refractivity contribution is 6.38. The van der Waals surface area contributed by atoms with Crippen molar-refractivity contribution < 1.29 is 0 Å². The molecule has 0 bridgehead atoms. The predicted molar refractivity (Wildman–Crippen MR) is 481 cm³/mol. The van der Waals surface area contributed by atoms with Gasteiger partial charge in [-0.2, -0.15) is 0 Å². The lowest BCUT2D eigenvalue weighted by Crippen LogP contribution is -2.23. The monoisotopic (exact) mass is 1480 g/mol. The van der Waals surface area contributed by atoms with E-state index >= 15 is 0 Å². The standard InChI is InChI=1S/C104H66N12/c1-5-26-64(27-6-1)109-84-41-19-13-34-69(84)75-49-51-77-71-36-15-21-43-86(71)113(100(77)97(75)109)92-59-93(107-62-106-92)114-87-44-22-16-37-72(87)78-53-54-81-83-58-63(48-57-90(83)111(99(81)101(78)114)66-30-9-3-10-31-66)68-40-25-47-91-96(68)82-56-55-80-74-39-18-24-46-89(74)116(103(80)104(82)112(91)67-32-11-4-12-33-67)95-61-105-60-94(108-95)115-88-45-23-17-38-73(88)79-52-50-76-70-35-14-20-42-85(70)110(98(76)102(79)115)65-28-7-2-8-29-65/h1-12,14-33,35-59,61-62,94H,13,34,60H2. The summed E-state index contributed by atoms with van der Waals surface area (Å²) in [5.74, 6) is 2.32. The summed E-state index contributed by atoms with van der Waals surface area (Å²) in [6, 6.07) is 123. The number of rotatable bonds is 8. The summed E-state index contributed by atoms with van der Waals surface area (Å²) in [7, 11) is 0. The first kappa shape index (κ1) is 63.3. The van der Waals surface area contributed by atoms with Gasteiger partial charge in [0.2, 0.25) is 0 Å². The van der Waals surface area contributed by atoms with Crippen LogP contribution in [0.25, 0.3) is 215 Å². The number of benzene rings is 15. The van der Waals surface area contributed by atoms with Crippen molar-refractivity contribution >= 4 is 182 Å². The van der Waals surface area contributed by atoms with E-state index in [4.69, 9.17) is 20.0 Å². The molecule has 0 N–H and O–H groups in total. The summed E-state index contributed by atoms with van der Waals surface area (Å²) < 4.78 is 19.6. The molecule has 12 nitrogen and oxygen atoms in total. The van der Waals surface area contributed by atoms with Crippen molar-refractivity contribution in [2.45, 2.75) is 19.0 Å². The molecule has 26 rings (SSSR count). The van der Waals surface area contributed by atoms with Crippen molar-refractivity contribution in [2.75, 3.05) is 6.54 Å². The van der Waals surface area contributed by atoms with Crippen LogP contribution < -0.4 is 0 Å². The van der Waals surface area contributed by atoms with Crippen molar-refractivity contribution in [2.24, 2.45) is 9.98 Å². The van der Waals surface area contributed by atoms with Crippen molar-refractivity contribution in [1.82, 2.24) is 46.5 Å². The Bertz CT molecular complexity index is 8480. The number of aliphatic imine (C=N–C) groups is 2. The molecule has 0 fully saturated rings. The van der Waals surface area contributed by atoms with Crippen LogP contribution in [0.5, 0.6) is 0 Å². The minimum absolute atomic E-state index is 0.401. The molecule has 2 aliphatic rings. The molecular weight excluding hydrogens is 1420 g/mol. The first-order valence-electron chi connectivity index (χ1n) is 40.0. The topological polar surface area (TPSA) is 89.9 Å². The van der Waals surface area contributed by atoms with Gasteiger partial charge in [0.1, 0.15) is 24.1 Å². The molecule has 1 aliphatic heterocycles. The molecule has 116 heavy (non-hydrogen) atoms. The first-order chi connectivity index (χ1) is 57.6. The van der Waals surface area contributed by atoms with Gasteiger partial charge in [-0.05, 0) is 133 Å². The van der Waals surface area contributed by atoms with Gasteiger partial charge in [-0.3, -0.25) is 18.7 Å². The van der Waals surface area contributed by atoms with E-state index in [1.807, 2.05) is 6.21 Å². The average molecular weight is 1480 g/mol. The van der Waals surface area contributed by atoms with Crippen molar-refractivity contribution in [3.05, 3.63) is 357 Å². The Balaban J connectivity index is 0.694. The van der Waals surface area contributed by atoms with Crippen LogP contribution in [-0.2, 0) is 6.42 Å². The average Bonchev–Trinajstić information content (AvgIpc) is 1.55. The molecule has 15 aromatic carbocycles. The molecule has 542 valence electrons. The fourth-order valence-electron chi connectivity index (χ4n) is 20.6. The number of para-hydroxylation sites is 9. The zero-order chi connectivity index (χ0) is 75.5. The third kappa shape index (κ3) is 8.65. The molecule has 10 heterocycles. The van der Waals surface area contributed by atoms with E-state index in [1.54, 1.807) is 6.33 Å². The number of aromatic nitrogens is 10. The molecule has 24 aromatic rings. The molecule has 1 unspecified atom stereocenters. The number of fused-ring (bicyclic) bond motifs is 28. The third-order valence-electron chi connectivity index (χ3n) is 25.1. The van der Waals surface area contributed by atoms with Crippen LogP contribution in [0.4, 0.5) is 0 Å². The number of nitrogens with zero attached hydrogens (tertiary/aromatic N) is 12. The SMILES string of the molecule is C1=Cc2c(c3ccc4c5ccccc5n(-c5cc(-n6c7ccccc7c7ccc8c9cc(-c%10cccc%11c%10c%10ccc%12c%13ccccc%13n(C%13=NC(n%14c%15ccccc%15c%15ccc%16c%17ccccc%17n(-c%17ccccc%17)c%16c%15%14)CN=C%13)c%12c%10n%11-c%10ccccc%10)ccc9n(-c9ccccc9)c8c76)ncn5)c4c3n2-c2ccccc2)CC1. The van der Waals surface area contributed by atoms with Crippen LogP contribution in [-0.4, -0.2) is 65.1 Å². The Hall–Kier alpha value is -15.4. The van der Waals surface area contributed by atoms with E-state index in [2.05, 4.69) is 382 Å². The molecular formula is C104H66N12. The fourth-order valence-corrected chi connectivity index (χ4v) is 20.6. The van der Waals surface area contributed by atoms with Gasteiger partial charge in [-0.25, -0.2) is 15.0 Å². The predicted octanol–water partition coefficient (Wildman–Crippen LogP) is 25.3. The zero-order valence-electron chi connectivity index (χ0n) is 62.6. The largest absolute Gasteiger partial charge is 0.314 e. The lowest BCUT2D eigenvalue weighted by molar-refractivity contribution is 0.565. The van der Waals surface area contributed by atoms with Gasteiger partial charge in [-0.1, -0.05) is 237 Å². The molecule has 0 spiro atoms. The molecule has 0 saturated carbocycles. The molecule has 1 atom stereocenters. The molecule has 0 radical (unpaired) electrons. The second-order valence-corrected chi connectivity index (χ2v) is 31.0. The van der Waals surface area contributed by atoms with E-state index in [9.17, 15) is 0 Å². The van der Waals surface area contributed by atoms with Gasteiger partial charge in [0.05, 0.1) is 95.5 Å². The number of hydrogen-bond donors (Lipinski definition) is 0. The summed E-state index contributed by atoms with van der Waals surface area (Å²) >= 11 is 0. The van der Waals surface area contributed by atoms with Crippen molar-refractivity contribution in [3.8, 4) is 45.5 Å². The maximum absolute atomic E-state index is 6.02. The summed E-state index contributed by atoms with van der Waals surface area (Å²) in [6.45, 7) is 0.462. The highest BCUT2D eigenvalue weighted by Crippen LogP contribution is 2.50. The highest BCUT2D eigenvalue weighted by atomic mass is 15.2. The zero-order valence-corrected chi connectivity index (χ0v) is 62.6. The Kier molecular flexibility index (Phi) is 13.1. The van der Waals surface area contributed by atoms with Crippen molar-refractivity contribution in [3.63, 3.8) is 0 Å². The van der Waals surface area contributed by atoms with Gasteiger partial charge >= 0.3 is 0 Å². The maximum atomic E-state index is 6.02. The lowest BCUT2D eigenvalue weighted by Gasteiger charge is -2.22. The number of aryl methyl sites for hydroxylation is 1. The van der Waals surface area contributed by atoms with E-state index in [-0.39, 0.29) is 0 Å². The normalized spacial score (nSPS) is 14.0. The number of hydrogen-bond acceptors (Lipinski definition) is 4. The lowest BCUT2D eigenvalue weighted by atomic mass is 9.97. The molecule has 9 aromatic heterocycles. The van der Waals surface area contributed by atoms with Gasteiger partial charge in [0.25, 0.3) is 0 Å². The van der Waals surface area contributed by atoms with E-state index in [0.717, 1.165) is 185 Å². The van der Waals surface area contributed by atoms with E-state index in [0.29, 0.717) is 6.54 Å². The Morgan fingerprint density at radius 3 is 1.24 bits per heavy atom. The van der Waals surface area contributed by atoms with Crippen LogP contribution in [0.15, 0.2) is 356 Å². The summed E-state index contributed by atoms with van der Waals surface area (Å²) in [4.78, 5) is 22.1. The molecule has 12 heteroatoms. The van der Waals surface area contributed by atoms with Gasteiger partial charge in [0, 0.05) is 115 Å². The fraction of sp³-hybridized carbons (Fsp3) is 0.0385. The smallest absolute Gasteiger partial charge is 0.153 e. The van der Waals surface area contributed by atoms with E-state index in [1.165, 1.54) is 54.5 Å². The minimum atomic E-state index is -0.401. The van der Waals surface area contributed by atoms with Crippen LogP contribution in [0.1, 0.15) is 23.8 Å². The Labute approximate surface area is 662 Å². The van der Waals surface area contributed by atoms with Crippen LogP contribution in [0, 0.1) is 0 Å². The van der Waals surface area contributed by atoms with Crippen LogP contribution in [0.3, 0.4) is 0 Å². The maximum Gasteiger partial charge on any atom is 0.153 e. The Morgan fingerprint density at radius 1 is 0.284 bits per heavy atom. The highest BCUT2D eigenvalue weighted by Gasteiger charge is 2.32. The first-order valence-corrected chi connectivity index (χ1v) is 40.0. The van der Waals surface area contributed by atoms with Gasteiger partial charge in [0.15, 0.2) is 5.84 Å². The summed E-state index contributed by atoms with van der Waals surface area (Å²) in [5.41, 5.74) is 25.7. The molecule has 0 saturated heterocycles. The van der Waals surface area contributed by atoms with Crippen LogP contribution >= 0.6 is 0 Å². The summed E-state index contributed by atoms with van der Waals surface area (Å²) in [6.07, 6.45) is 10.00. The van der Waals surface area contributed by atoms with Crippen molar-refractivity contribution in [1.29, 1.82) is 0 Å². The number of allylic oxidation sites excluding steroid dienone is 1. The van der Waals surface area contributed by atoms with Gasteiger partial charge in [-0.15, -0.1) is 0 Å². The van der Waals surface area contributed by atoms with Gasteiger partial charge < -0.3 is 22.8 Å². The third-order valence-corrected chi connectivity index (χ3v) is 25.1. The van der Waals surface area contributed by atoms with E-state index < -0.39 is 6.17 Å². The summed E-state index contributed by atoms with van der Waals surface area (Å²) in [5, 5.41) is 17.5. The minimum Gasteiger partial charge on any atom is -0.314 e. The quantitative estimate of drug-likeness (QED) is 0.152. The second-order valence-electron chi connectivity index (χ2n) is 31.0. The second kappa shape index (κ2) is 24.1. The molecule has 0 amide bonds.